The quantitative estimate of drug-likeness (QED) is 0.262. The first-order valence-corrected chi connectivity index (χ1v) is 11.3. The van der Waals surface area contributed by atoms with E-state index in [0.717, 1.165) is 10.6 Å². The van der Waals surface area contributed by atoms with E-state index in [1.807, 2.05) is 0 Å². The Morgan fingerprint density at radius 1 is 1.10 bits per heavy atom. The van der Waals surface area contributed by atoms with Gasteiger partial charge in [0, 0.05) is 52.9 Å². The van der Waals surface area contributed by atoms with Crippen molar-refractivity contribution < 1.29 is 27.6 Å². The number of hydrogen-bond donors (Lipinski definition) is 2. The van der Waals surface area contributed by atoms with E-state index in [1.165, 1.54) is 26.2 Å². The third-order valence-corrected chi connectivity index (χ3v) is 5.31. The number of rotatable bonds is 6. The zero-order valence-corrected chi connectivity index (χ0v) is 20.3. The molecule has 0 aliphatic carbocycles. The summed E-state index contributed by atoms with van der Waals surface area (Å²) in [5.41, 5.74) is -2.17. The molecule has 196 valence electrons. The number of nitrogens with zero attached hydrogens (tertiary/aromatic N) is 5. The van der Waals surface area contributed by atoms with Crippen molar-refractivity contribution in [3.63, 3.8) is 0 Å². The summed E-state index contributed by atoms with van der Waals surface area (Å²) >= 11 is 0. The summed E-state index contributed by atoms with van der Waals surface area (Å²) in [6.45, 7) is 2.81. The third kappa shape index (κ3) is 5.93. The maximum atomic E-state index is 13.8. The van der Waals surface area contributed by atoms with Gasteiger partial charge in [-0.3, -0.25) is 9.78 Å². The maximum absolute atomic E-state index is 13.8. The molecule has 3 aromatic heterocycles. The number of aryl methyl sites for hydroxylation is 1. The van der Waals surface area contributed by atoms with Gasteiger partial charge in [-0.15, -0.1) is 0 Å². The lowest BCUT2D eigenvalue weighted by Crippen LogP contribution is -2.14. The fourth-order valence-corrected chi connectivity index (χ4v) is 3.44. The molecule has 11 heteroatoms. The lowest BCUT2D eigenvalue weighted by atomic mass is 10.1. The van der Waals surface area contributed by atoms with Gasteiger partial charge < -0.3 is 15.2 Å². The summed E-state index contributed by atoms with van der Waals surface area (Å²) in [6.07, 6.45) is -3.26. The summed E-state index contributed by atoms with van der Waals surface area (Å²) in [5.74, 6) is -1.44. The monoisotopic (exact) mass is 536 g/mol. The zero-order valence-electron chi connectivity index (χ0n) is 27.3. The molecule has 0 saturated heterocycles. The van der Waals surface area contributed by atoms with Crippen LogP contribution in [-0.2, 0) is 6.18 Å². The molecule has 1 amide bonds. The average Bonchev–Trinajstić information content (AvgIpc) is 3.25. The molecule has 3 heterocycles. The van der Waals surface area contributed by atoms with E-state index >= 15 is 0 Å². The van der Waals surface area contributed by atoms with Crippen LogP contribution in [0.5, 0.6) is 0 Å². The van der Waals surface area contributed by atoms with Gasteiger partial charge in [-0.1, -0.05) is 6.04 Å². The average molecular weight is 537 g/mol. The third-order valence-electron chi connectivity index (χ3n) is 5.31. The molecule has 2 aromatic carbocycles. The number of pyridine rings is 1. The minimum Gasteiger partial charge on any atom is -0.324 e. The predicted octanol–water partition coefficient (Wildman–Crippen LogP) is 6.36. The van der Waals surface area contributed by atoms with Gasteiger partial charge in [-0.2, -0.15) is 13.2 Å². The highest BCUT2D eigenvalue weighted by atomic mass is 19.4. The van der Waals surface area contributed by atoms with Crippen molar-refractivity contribution in [2.24, 2.45) is 0 Å². The van der Waals surface area contributed by atoms with E-state index < -0.39 is 59.5 Å². The lowest BCUT2D eigenvalue weighted by molar-refractivity contribution is -0.137. The van der Waals surface area contributed by atoms with E-state index in [-0.39, 0.29) is 46.5 Å². The molecule has 8 nitrogen and oxygen atoms in total. The van der Waals surface area contributed by atoms with Crippen molar-refractivity contribution in [1.82, 2.24) is 24.5 Å². The van der Waals surface area contributed by atoms with Gasteiger partial charge in [0.2, 0.25) is 5.95 Å². The maximum Gasteiger partial charge on any atom is 0.416 e. The molecule has 0 fully saturated rings. The van der Waals surface area contributed by atoms with Crippen molar-refractivity contribution in [2.75, 3.05) is 10.6 Å². The number of nitrogens with one attached hydrogen (secondary N) is 2. The Labute approximate surface area is 231 Å². The van der Waals surface area contributed by atoms with Crippen LogP contribution in [0.3, 0.4) is 0 Å². The van der Waals surface area contributed by atoms with Crippen molar-refractivity contribution in [3.05, 3.63) is 108 Å². The number of imidazole rings is 1. The number of carbonyl (C=O) groups excluding carboxylic acids is 1. The van der Waals surface area contributed by atoms with Crippen LogP contribution in [0.15, 0.2) is 85.5 Å². The fourth-order valence-electron chi connectivity index (χ4n) is 3.44. The van der Waals surface area contributed by atoms with E-state index in [1.54, 1.807) is 12.1 Å². The number of benzene rings is 2. The molecule has 0 unspecified atom stereocenters. The molecule has 0 saturated carbocycles. The molecule has 39 heavy (non-hydrogen) atoms. The van der Waals surface area contributed by atoms with Gasteiger partial charge in [0.25, 0.3) is 5.91 Å². The molecule has 5 aromatic rings. The van der Waals surface area contributed by atoms with Crippen LogP contribution in [-0.4, -0.2) is 30.4 Å². The fraction of sp³-hybridized carbons (Fsp3) is 0.107. The molecule has 0 atom stereocenters. The molecule has 0 aliphatic heterocycles. The van der Waals surface area contributed by atoms with Gasteiger partial charge >= 0.3 is 6.18 Å². The number of aromatic nitrogens is 5. The van der Waals surface area contributed by atoms with Gasteiger partial charge in [-0.25, -0.2) is 15.0 Å². The second-order valence-electron chi connectivity index (χ2n) is 8.21. The number of carbonyl (C=O) groups is 1. The minimum absolute atomic E-state index is 0.0427. The molecule has 2 N–H and O–H groups in total. The standard InChI is InChI=1S/C28H22F3N7O/c1-17-5-6-19(10-25(17)37-27-33-9-7-24(36-27)20-4-3-8-32-14-20)26(39)35-22-11-21(28(29,30)31)12-23(13-22)38-15-18(2)34-16-38/h3-16H,1-2H3,(H,35,39)(H,33,36,37)/i5D,6D,7D,9D,10D,15D,16D. The van der Waals surface area contributed by atoms with Crippen LogP contribution in [0.1, 0.15) is 36.8 Å². The molecule has 0 spiro atoms. The van der Waals surface area contributed by atoms with Crippen LogP contribution in [0, 0.1) is 13.8 Å². The Morgan fingerprint density at radius 2 is 1.95 bits per heavy atom. The molecule has 5 rings (SSSR count). The number of halogens is 3. The van der Waals surface area contributed by atoms with Gasteiger partial charge in [0.15, 0.2) is 0 Å². The van der Waals surface area contributed by atoms with Gasteiger partial charge in [-0.05, 0) is 67.9 Å². The Kier molecular flexibility index (Phi) is 4.85. The normalized spacial score (nSPS) is 13.8. The molecular formula is C28H22F3N7O. The van der Waals surface area contributed by atoms with Crippen molar-refractivity contribution >= 4 is 23.2 Å². The molecule has 0 aliphatic rings. The van der Waals surface area contributed by atoms with Crippen molar-refractivity contribution in [3.8, 4) is 16.9 Å². The van der Waals surface area contributed by atoms with Crippen LogP contribution in [0.2, 0.25) is 0 Å². The zero-order chi connectivity index (χ0) is 33.7. The first kappa shape index (κ1) is 18.2. The molecule has 0 bridgehead atoms. The summed E-state index contributed by atoms with van der Waals surface area (Å²) in [6, 6.07) is 3.54. The van der Waals surface area contributed by atoms with Gasteiger partial charge in [0.05, 0.1) is 31.5 Å². The van der Waals surface area contributed by atoms with E-state index in [0.29, 0.717) is 17.7 Å². The van der Waals surface area contributed by atoms with Crippen LogP contribution < -0.4 is 10.6 Å². The highest BCUT2D eigenvalue weighted by Crippen LogP contribution is 2.33. The van der Waals surface area contributed by atoms with Crippen LogP contribution in [0.25, 0.3) is 16.9 Å². The Bertz CT molecular complexity index is 2020. The first-order chi connectivity index (χ1) is 21.6. The highest BCUT2D eigenvalue weighted by Gasteiger charge is 2.31. The topological polar surface area (TPSA) is 97.6 Å². The van der Waals surface area contributed by atoms with Crippen LogP contribution in [0.4, 0.5) is 30.5 Å². The second-order valence-corrected chi connectivity index (χ2v) is 8.21. The Hall–Kier alpha value is -5.06. The molecular weight excluding hydrogens is 507 g/mol. The highest BCUT2D eigenvalue weighted by molar-refractivity contribution is 6.05. The summed E-state index contributed by atoms with van der Waals surface area (Å²) in [4.78, 5) is 29.4. The number of alkyl halides is 3. The first-order valence-electron chi connectivity index (χ1n) is 14.8. The summed E-state index contributed by atoms with van der Waals surface area (Å²) in [5, 5.41) is 4.96. The lowest BCUT2D eigenvalue weighted by Gasteiger charge is -2.14. The number of hydrogen-bond acceptors (Lipinski definition) is 6. The minimum atomic E-state index is -4.88. The van der Waals surface area contributed by atoms with Crippen molar-refractivity contribution in [2.45, 2.75) is 20.0 Å². The number of amides is 1. The molecule has 0 radical (unpaired) electrons. The van der Waals surface area contributed by atoms with Crippen molar-refractivity contribution in [1.29, 1.82) is 0 Å². The van der Waals surface area contributed by atoms with Crippen LogP contribution >= 0.6 is 0 Å². The summed E-state index contributed by atoms with van der Waals surface area (Å²) in [7, 11) is 0. The summed E-state index contributed by atoms with van der Waals surface area (Å²) < 4.78 is 100. The largest absolute Gasteiger partial charge is 0.416 e. The number of anilines is 3. The van der Waals surface area contributed by atoms with E-state index in [9.17, 15) is 18.0 Å². The Balaban J connectivity index is 1.57. The van der Waals surface area contributed by atoms with E-state index in [2.05, 4.69) is 30.6 Å². The second kappa shape index (κ2) is 10.4. The Morgan fingerprint density at radius 3 is 2.67 bits per heavy atom. The predicted molar refractivity (Wildman–Crippen MR) is 141 cm³/mol. The smallest absolute Gasteiger partial charge is 0.324 e. The SMILES string of the molecule is [2H]c1nc(Nc2c([2H])c(C(=O)Nc3cc(-n4c([2H])nc(C)c4[2H])cc(C(F)(F)F)c3)c([2H])c([2H])c2C)nc(-c2cccnc2)c1[2H]. The van der Waals surface area contributed by atoms with Gasteiger partial charge in [0.1, 0.15) is 1.37 Å². The van der Waals surface area contributed by atoms with E-state index in [4.69, 9.17) is 9.60 Å².